The molecule has 1 heterocycles. The minimum Gasteiger partial charge on any atom is -0.366 e. The molecule has 1 aromatic heterocycles. The second-order valence-electron chi connectivity index (χ2n) is 6.10. The quantitative estimate of drug-likeness (QED) is 0.644. The normalized spacial score (nSPS) is 10.6. The number of nitrogens with one attached hydrogen (secondary N) is 2. The van der Waals surface area contributed by atoms with Crippen molar-refractivity contribution >= 4 is 29.1 Å². The van der Waals surface area contributed by atoms with Crippen molar-refractivity contribution < 1.29 is 0 Å². The molecule has 0 spiro atoms. The fraction of sp³-hybridized carbons (Fsp3) is 0.200. The fourth-order valence-corrected chi connectivity index (χ4v) is 2.77. The summed E-state index contributed by atoms with van der Waals surface area (Å²) in [4.78, 5) is 9.02. The highest BCUT2D eigenvalue weighted by molar-refractivity contribution is 6.31. The van der Waals surface area contributed by atoms with Gasteiger partial charge in [-0.3, -0.25) is 0 Å². The predicted molar refractivity (Wildman–Crippen MR) is 105 cm³/mol. The second kappa shape index (κ2) is 7.53. The lowest BCUT2D eigenvalue weighted by Gasteiger charge is -2.12. The van der Waals surface area contributed by atoms with Crippen LogP contribution in [0.1, 0.15) is 22.4 Å². The van der Waals surface area contributed by atoms with E-state index in [0.717, 1.165) is 27.8 Å². The number of benzene rings is 2. The maximum absolute atomic E-state index is 6.18. The largest absolute Gasteiger partial charge is 0.366 e. The van der Waals surface area contributed by atoms with Crippen molar-refractivity contribution in [2.45, 2.75) is 27.3 Å². The van der Waals surface area contributed by atoms with E-state index in [1.54, 1.807) is 0 Å². The maximum Gasteiger partial charge on any atom is 0.229 e. The molecule has 5 heteroatoms. The molecule has 0 radical (unpaired) electrons. The summed E-state index contributed by atoms with van der Waals surface area (Å²) >= 11 is 6.18. The Bertz CT molecular complexity index is 893. The van der Waals surface area contributed by atoms with Crippen LogP contribution in [-0.2, 0) is 6.54 Å². The summed E-state index contributed by atoms with van der Waals surface area (Å²) in [7, 11) is 0. The molecule has 2 N–H and O–H groups in total. The summed E-state index contributed by atoms with van der Waals surface area (Å²) in [5.41, 5.74) is 5.24. The van der Waals surface area contributed by atoms with E-state index in [1.807, 2.05) is 38.1 Å². The first-order chi connectivity index (χ1) is 12.0. The summed E-state index contributed by atoms with van der Waals surface area (Å²) in [6, 6.07) is 16.1. The van der Waals surface area contributed by atoms with Crippen LogP contribution in [-0.4, -0.2) is 9.97 Å². The molecule has 0 amide bonds. The van der Waals surface area contributed by atoms with E-state index in [4.69, 9.17) is 11.6 Å². The molecule has 128 valence electrons. The molecule has 2 aromatic carbocycles. The van der Waals surface area contributed by atoms with Gasteiger partial charge in [0.15, 0.2) is 0 Å². The van der Waals surface area contributed by atoms with Gasteiger partial charge in [0.25, 0.3) is 0 Å². The third kappa shape index (κ3) is 4.48. The molecule has 4 nitrogen and oxygen atoms in total. The molecule has 3 aromatic rings. The lowest BCUT2D eigenvalue weighted by atomic mass is 10.1. The van der Waals surface area contributed by atoms with Gasteiger partial charge in [0.1, 0.15) is 5.82 Å². The molecule has 0 bridgehead atoms. The first kappa shape index (κ1) is 17.2. The highest BCUT2D eigenvalue weighted by Gasteiger charge is 2.06. The number of aromatic nitrogens is 2. The van der Waals surface area contributed by atoms with Crippen LogP contribution in [0.2, 0.25) is 5.02 Å². The minimum atomic E-state index is 0.553. The Morgan fingerprint density at radius 2 is 1.76 bits per heavy atom. The molecule has 0 saturated heterocycles. The topological polar surface area (TPSA) is 49.8 Å². The van der Waals surface area contributed by atoms with Crippen molar-refractivity contribution in [1.82, 2.24) is 9.97 Å². The number of anilines is 3. The standard InChI is InChI=1S/C20H21ClN4/c1-13-6-4-7-16(10-13)12-22-19-11-14(2)23-20(25-19)24-18-9-5-8-17(21)15(18)3/h4-11H,12H2,1-3H3,(H2,22,23,24,25). The Hall–Kier alpha value is -2.59. The lowest BCUT2D eigenvalue weighted by molar-refractivity contribution is 1.06. The van der Waals surface area contributed by atoms with Crippen molar-refractivity contribution in [2.75, 3.05) is 10.6 Å². The number of halogens is 1. The number of hydrogen-bond acceptors (Lipinski definition) is 4. The Morgan fingerprint density at radius 1 is 0.960 bits per heavy atom. The number of hydrogen-bond donors (Lipinski definition) is 2. The fourth-order valence-electron chi connectivity index (χ4n) is 2.59. The van der Waals surface area contributed by atoms with Gasteiger partial charge >= 0.3 is 0 Å². The highest BCUT2D eigenvalue weighted by atomic mass is 35.5. The summed E-state index contributed by atoms with van der Waals surface area (Å²) in [6.07, 6.45) is 0. The van der Waals surface area contributed by atoms with E-state index < -0.39 is 0 Å². The van der Waals surface area contributed by atoms with Crippen LogP contribution < -0.4 is 10.6 Å². The Balaban J connectivity index is 1.77. The molecule has 0 unspecified atom stereocenters. The van der Waals surface area contributed by atoms with Gasteiger partial charge in [-0.15, -0.1) is 0 Å². The van der Waals surface area contributed by atoms with Crippen LogP contribution >= 0.6 is 11.6 Å². The minimum absolute atomic E-state index is 0.553. The molecule has 25 heavy (non-hydrogen) atoms. The van der Waals surface area contributed by atoms with Crippen LogP contribution in [0.4, 0.5) is 17.5 Å². The maximum atomic E-state index is 6.18. The zero-order valence-electron chi connectivity index (χ0n) is 14.6. The SMILES string of the molecule is Cc1cccc(CNc2cc(C)nc(Nc3cccc(Cl)c3C)n2)c1. The first-order valence-electron chi connectivity index (χ1n) is 8.18. The molecule has 0 fully saturated rings. The van der Waals surface area contributed by atoms with E-state index in [0.29, 0.717) is 12.5 Å². The van der Waals surface area contributed by atoms with E-state index in [-0.39, 0.29) is 0 Å². The summed E-state index contributed by atoms with van der Waals surface area (Å²) < 4.78 is 0. The monoisotopic (exact) mass is 352 g/mol. The van der Waals surface area contributed by atoms with E-state index >= 15 is 0 Å². The smallest absolute Gasteiger partial charge is 0.229 e. The van der Waals surface area contributed by atoms with Crippen LogP contribution in [0.3, 0.4) is 0 Å². The molecule has 0 saturated carbocycles. The van der Waals surface area contributed by atoms with E-state index in [2.05, 4.69) is 51.8 Å². The van der Waals surface area contributed by atoms with Gasteiger partial charge in [-0.2, -0.15) is 4.98 Å². The first-order valence-corrected chi connectivity index (χ1v) is 8.56. The molecular formula is C20H21ClN4. The number of rotatable bonds is 5. The van der Waals surface area contributed by atoms with Crippen molar-refractivity contribution in [1.29, 1.82) is 0 Å². The number of aryl methyl sites for hydroxylation is 2. The predicted octanol–water partition coefficient (Wildman–Crippen LogP) is 5.41. The molecular weight excluding hydrogens is 332 g/mol. The summed E-state index contributed by atoms with van der Waals surface area (Å²) in [5.74, 6) is 1.34. The molecule has 0 aliphatic carbocycles. The van der Waals surface area contributed by atoms with Crippen molar-refractivity contribution in [3.63, 3.8) is 0 Å². The Morgan fingerprint density at radius 3 is 2.56 bits per heavy atom. The zero-order valence-corrected chi connectivity index (χ0v) is 15.4. The van der Waals surface area contributed by atoms with Gasteiger partial charge in [0, 0.05) is 29.0 Å². The van der Waals surface area contributed by atoms with E-state index in [1.165, 1.54) is 11.1 Å². The van der Waals surface area contributed by atoms with Crippen molar-refractivity contribution in [3.8, 4) is 0 Å². The average molecular weight is 353 g/mol. The van der Waals surface area contributed by atoms with Gasteiger partial charge in [-0.25, -0.2) is 4.98 Å². The molecule has 3 rings (SSSR count). The van der Waals surface area contributed by atoms with Crippen molar-refractivity contribution in [2.24, 2.45) is 0 Å². The Kier molecular flexibility index (Phi) is 5.19. The van der Waals surface area contributed by atoms with Gasteiger partial charge in [0.2, 0.25) is 5.95 Å². The second-order valence-corrected chi connectivity index (χ2v) is 6.51. The third-order valence-corrected chi connectivity index (χ3v) is 4.33. The zero-order chi connectivity index (χ0) is 17.8. The van der Waals surface area contributed by atoms with Crippen LogP contribution in [0.25, 0.3) is 0 Å². The summed E-state index contributed by atoms with van der Waals surface area (Å²) in [5, 5.41) is 7.34. The van der Waals surface area contributed by atoms with Crippen LogP contribution in [0, 0.1) is 20.8 Å². The summed E-state index contributed by atoms with van der Waals surface area (Å²) in [6.45, 7) is 6.73. The van der Waals surface area contributed by atoms with Gasteiger partial charge in [-0.1, -0.05) is 47.5 Å². The molecule has 0 aliphatic rings. The van der Waals surface area contributed by atoms with Crippen molar-refractivity contribution in [3.05, 3.63) is 75.9 Å². The van der Waals surface area contributed by atoms with Gasteiger partial charge in [0.05, 0.1) is 0 Å². The average Bonchev–Trinajstić information content (AvgIpc) is 2.57. The Labute approximate surface area is 153 Å². The van der Waals surface area contributed by atoms with Crippen LogP contribution in [0.15, 0.2) is 48.5 Å². The van der Waals surface area contributed by atoms with Crippen LogP contribution in [0.5, 0.6) is 0 Å². The highest BCUT2D eigenvalue weighted by Crippen LogP contribution is 2.25. The lowest BCUT2D eigenvalue weighted by Crippen LogP contribution is -2.06. The molecule has 0 aliphatic heterocycles. The number of nitrogens with zero attached hydrogens (tertiary/aromatic N) is 2. The van der Waals surface area contributed by atoms with Gasteiger partial charge in [-0.05, 0) is 44.0 Å². The van der Waals surface area contributed by atoms with E-state index in [9.17, 15) is 0 Å². The molecule has 0 atom stereocenters. The van der Waals surface area contributed by atoms with Gasteiger partial charge < -0.3 is 10.6 Å². The third-order valence-electron chi connectivity index (χ3n) is 3.92.